The van der Waals surface area contributed by atoms with Crippen molar-refractivity contribution in [3.8, 4) is 0 Å². The zero-order valence-corrected chi connectivity index (χ0v) is 10.1. The standard InChI is InChI=1S/C15H18O2/c1-12(16)14-9-5-6-10-15(14)17-11-13-7-3-2-4-8-13/h2-4,6-8,10,14-15H,5,9,11H2,1H3. The van der Waals surface area contributed by atoms with Crippen LogP contribution >= 0.6 is 0 Å². The molecular weight excluding hydrogens is 212 g/mol. The van der Waals surface area contributed by atoms with Crippen molar-refractivity contribution >= 4 is 5.78 Å². The molecule has 0 aromatic heterocycles. The summed E-state index contributed by atoms with van der Waals surface area (Å²) in [6, 6.07) is 10.1. The van der Waals surface area contributed by atoms with Gasteiger partial charge in [0.1, 0.15) is 5.78 Å². The van der Waals surface area contributed by atoms with Crippen molar-refractivity contribution in [3.63, 3.8) is 0 Å². The van der Waals surface area contributed by atoms with Crippen LogP contribution in [0.2, 0.25) is 0 Å². The maximum atomic E-state index is 11.5. The molecule has 0 spiro atoms. The van der Waals surface area contributed by atoms with E-state index in [0.717, 1.165) is 18.4 Å². The van der Waals surface area contributed by atoms with Crippen LogP contribution in [0.5, 0.6) is 0 Å². The minimum Gasteiger partial charge on any atom is -0.369 e. The van der Waals surface area contributed by atoms with Gasteiger partial charge in [0, 0.05) is 5.92 Å². The van der Waals surface area contributed by atoms with Gasteiger partial charge >= 0.3 is 0 Å². The highest BCUT2D eigenvalue weighted by Gasteiger charge is 2.25. The molecule has 0 amide bonds. The Hall–Kier alpha value is -1.41. The van der Waals surface area contributed by atoms with Gasteiger partial charge < -0.3 is 4.74 Å². The lowest BCUT2D eigenvalue weighted by atomic mass is 9.88. The number of allylic oxidation sites excluding steroid dienone is 1. The third kappa shape index (κ3) is 3.27. The molecule has 2 atom stereocenters. The zero-order valence-electron chi connectivity index (χ0n) is 10.1. The van der Waals surface area contributed by atoms with Gasteiger partial charge in [0.15, 0.2) is 0 Å². The van der Waals surface area contributed by atoms with Crippen LogP contribution in [-0.4, -0.2) is 11.9 Å². The smallest absolute Gasteiger partial charge is 0.135 e. The molecule has 0 bridgehead atoms. The Morgan fingerprint density at radius 1 is 1.35 bits per heavy atom. The second-order valence-electron chi connectivity index (χ2n) is 4.48. The third-order valence-corrected chi connectivity index (χ3v) is 3.17. The molecule has 2 nitrogen and oxygen atoms in total. The van der Waals surface area contributed by atoms with Gasteiger partial charge in [0.2, 0.25) is 0 Å². The largest absolute Gasteiger partial charge is 0.369 e. The highest BCUT2D eigenvalue weighted by atomic mass is 16.5. The van der Waals surface area contributed by atoms with E-state index in [1.807, 2.05) is 36.4 Å². The fourth-order valence-corrected chi connectivity index (χ4v) is 2.18. The van der Waals surface area contributed by atoms with Crippen molar-refractivity contribution in [1.82, 2.24) is 0 Å². The number of carbonyl (C=O) groups excluding carboxylic acids is 1. The van der Waals surface area contributed by atoms with Crippen LogP contribution in [0.15, 0.2) is 42.5 Å². The van der Waals surface area contributed by atoms with Crippen LogP contribution in [0, 0.1) is 5.92 Å². The van der Waals surface area contributed by atoms with Crippen molar-refractivity contribution in [1.29, 1.82) is 0 Å². The lowest BCUT2D eigenvalue weighted by Gasteiger charge is -2.25. The van der Waals surface area contributed by atoms with E-state index in [1.165, 1.54) is 0 Å². The maximum Gasteiger partial charge on any atom is 0.135 e. The predicted octanol–water partition coefficient (Wildman–Crippen LogP) is 3.13. The van der Waals surface area contributed by atoms with Crippen LogP contribution in [0.4, 0.5) is 0 Å². The van der Waals surface area contributed by atoms with E-state index in [-0.39, 0.29) is 17.8 Å². The fourth-order valence-electron chi connectivity index (χ4n) is 2.18. The highest BCUT2D eigenvalue weighted by molar-refractivity contribution is 5.79. The second kappa shape index (κ2) is 5.78. The van der Waals surface area contributed by atoms with Crippen molar-refractivity contribution in [3.05, 3.63) is 48.0 Å². The van der Waals surface area contributed by atoms with E-state index in [0.29, 0.717) is 6.61 Å². The number of benzene rings is 1. The Labute approximate surface area is 102 Å². The summed E-state index contributed by atoms with van der Waals surface area (Å²) in [5, 5.41) is 0. The summed E-state index contributed by atoms with van der Waals surface area (Å²) in [7, 11) is 0. The van der Waals surface area contributed by atoms with Crippen LogP contribution in [0.3, 0.4) is 0 Å². The molecule has 0 saturated heterocycles. The summed E-state index contributed by atoms with van der Waals surface area (Å²) in [6.07, 6.45) is 5.97. The quantitative estimate of drug-likeness (QED) is 0.743. The van der Waals surface area contributed by atoms with E-state index in [9.17, 15) is 4.79 Å². The van der Waals surface area contributed by atoms with E-state index >= 15 is 0 Å². The number of rotatable bonds is 4. The first-order valence-electron chi connectivity index (χ1n) is 6.10. The van der Waals surface area contributed by atoms with E-state index in [2.05, 4.69) is 6.08 Å². The Balaban J connectivity index is 1.95. The molecule has 0 N–H and O–H groups in total. The Morgan fingerprint density at radius 2 is 2.12 bits per heavy atom. The fraction of sp³-hybridized carbons (Fsp3) is 0.400. The van der Waals surface area contributed by atoms with Gasteiger partial charge in [-0.2, -0.15) is 0 Å². The molecule has 2 heteroatoms. The summed E-state index contributed by atoms with van der Waals surface area (Å²) in [6.45, 7) is 2.22. The highest BCUT2D eigenvalue weighted by Crippen LogP contribution is 2.23. The van der Waals surface area contributed by atoms with E-state index in [1.54, 1.807) is 6.92 Å². The number of carbonyl (C=O) groups is 1. The number of hydrogen-bond acceptors (Lipinski definition) is 2. The van der Waals surface area contributed by atoms with Crippen LogP contribution in [0.1, 0.15) is 25.3 Å². The molecule has 0 fully saturated rings. The van der Waals surface area contributed by atoms with Crippen LogP contribution in [0.25, 0.3) is 0 Å². The van der Waals surface area contributed by atoms with Gasteiger partial charge in [-0.15, -0.1) is 0 Å². The summed E-state index contributed by atoms with van der Waals surface area (Å²) >= 11 is 0. The van der Waals surface area contributed by atoms with Gasteiger partial charge in [-0.05, 0) is 25.3 Å². The summed E-state index contributed by atoms with van der Waals surface area (Å²) in [5.74, 6) is 0.260. The van der Waals surface area contributed by atoms with E-state index < -0.39 is 0 Å². The topological polar surface area (TPSA) is 26.3 Å². The monoisotopic (exact) mass is 230 g/mol. The summed E-state index contributed by atoms with van der Waals surface area (Å²) < 4.78 is 5.84. The number of ketones is 1. The molecule has 90 valence electrons. The minimum absolute atomic E-state index is 0.0312. The zero-order chi connectivity index (χ0) is 12.1. The molecule has 0 saturated carbocycles. The Morgan fingerprint density at radius 3 is 2.82 bits per heavy atom. The first-order chi connectivity index (χ1) is 8.27. The van der Waals surface area contributed by atoms with Crippen molar-refractivity contribution < 1.29 is 9.53 Å². The maximum absolute atomic E-state index is 11.5. The average Bonchev–Trinajstić information content (AvgIpc) is 2.38. The van der Waals surface area contributed by atoms with Crippen LogP contribution < -0.4 is 0 Å². The Kier molecular flexibility index (Phi) is 4.10. The van der Waals surface area contributed by atoms with Gasteiger partial charge in [-0.3, -0.25) is 4.79 Å². The van der Waals surface area contributed by atoms with Crippen LogP contribution in [-0.2, 0) is 16.1 Å². The molecule has 1 aromatic carbocycles. The van der Waals surface area contributed by atoms with Gasteiger partial charge in [-0.1, -0.05) is 42.5 Å². The minimum atomic E-state index is -0.0542. The number of Topliss-reactive ketones (excluding diaryl/α,β-unsaturated/α-hetero) is 1. The molecular formula is C15H18O2. The average molecular weight is 230 g/mol. The molecule has 1 aliphatic carbocycles. The molecule has 1 aromatic rings. The first-order valence-corrected chi connectivity index (χ1v) is 6.10. The van der Waals surface area contributed by atoms with Crippen molar-refractivity contribution in [2.45, 2.75) is 32.5 Å². The predicted molar refractivity (Wildman–Crippen MR) is 67.6 cm³/mol. The van der Waals surface area contributed by atoms with Crippen molar-refractivity contribution in [2.24, 2.45) is 5.92 Å². The van der Waals surface area contributed by atoms with Crippen molar-refractivity contribution in [2.75, 3.05) is 0 Å². The van der Waals surface area contributed by atoms with E-state index in [4.69, 9.17) is 4.74 Å². The second-order valence-corrected chi connectivity index (χ2v) is 4.48. The molecule has 2 rings (SSSR count). The van der Waals surface area contributed by atoms with Gasteiger partial charge in [0.05, 0.1) is 12.7 Å². The normalized spacial score (nSPS) is 23.6. The third-order valence-electron chi connectivity index (χ3n) is 3.17. The lowest BCUT2D eigenvalue weighted by Crippen LogP contribution is -2.29. The summed E-state index contributed by atoms with van der Waals surface area (Å²) in [5.41, 5.74) is 1.15. The SMILES string of the molecule is CC(=O)C1CCC=CC1OCc1ccccc1. The molecule has 17 heavy (non-hydrogen) atoms. The molecule has 0 aliphatic heterocycles. The molecule has 0 radical (unpaired) electrons. The van der Waals surface area contributed by atoms with Gasteiger partial charge in [-0.25, -0.2) is 0 Å². The number of hydrogen-bond donors (Lipinski definition) is 0. The number of ether oxygens (including phenoxy) is 1. The molecule has 2 unspecified atom stereocenters. The van der Waals surface area contributed by atoms with Gasteiger partial charge in [0.25, 0.3) is 0 Å². The first kappa shape index (κ1) is 12.1. The summed E-state index contributed by atoms with van der Waals surface area (Å²) in [4.78, 5) is 11.5. The lowest BCUT2D eigenvalue weighted by molar-refractivity contribution is -0.125. The molecule has 0 heterocycles. The molecule has 1 aliphatic rings. The Bertz CT molecular complexity index is 395.